The fraction of sp³-hybridized carbons (Fsp3) is 0.211. The van der Waals surface area contributed by atoms with Crippen molar-refractivity contribution in [2.45, 2.75) is 105 Å². The van der Waals surface area contributed by atoms with Crippen LogP contribution in [0, 0.1) is 0 Å². The molecule has 8 nitrogen and oxygen atoms in total. The molecular weight excluding hydrogens is 1020 g/mol. The van der Waals surface area contributed by atoms with Crippen molar-refractivity contribution in [1.29, 1.82) is 0 Å². The molecule has 8 heteroatoms. The molecule has 13 aromatic rings. The Labute approximate surface area is 493 Å². The summed E-state index contributed by atoms with van der Waals surface area (Å²) in [6, 6.07) is 73.6. The van der Waals surface area contributed by atoms with Gasteiger partial charge in [-0.15, -0.1) is 0 Å². The Hall–Kier alpha value is -9.40. The molecule has 0 spiro atoms. The van der Waals surface area contributed by atoms with Crippen molar-refractivity contribution in [2.75, 3.05) is 0 Å². The maximum Gasteiger partial charge on any atom is 0.166 e. The van der Waals surface area contributed by atoms with E-state index in [1.807, 2.05) is 60.7 Å². The Balaban J connectivity index is 1.17. The number of aromatic nitrogens is 8. The molecule has 0 amide bonds. The summed E-state index contributed by atoms with van der Waals surface area (Å²) in [4.78, 5) is 32.7. The average molecular weight is 1100 g/mol. The summed E-state index contributed by atoms with van der Waals surface area (Å²) in [5.41, 5.74) is 15.8. The smallest absolute Gasteiger partial charge is 0.166 e. The molecule has 0 aliphatic heterocycles. The van der Waals surface area contributed by atoms with Gasteiger partial charge in [0, 0.05) is 60.6 Å². The maximum atomic E-state index is 5.72. The summed E-state index contributed by atoms with van der Waals surface area (Å²) in [6.07, 6.45) is 0. The van der Waals surface area contributed by atoms with E-state index >= 15 is 0 Å². The van der Waals surface area contributed by atoms with E-state index in [2.05, 4.69) is 238 Å². The molecule has 0 N–H and O–H groups in total. The van der Waals surface area contributed by atoms with Crippen molar-refractivity contribution in [2.24, 2.45) is 0 Å². The highest BCUT2D eigenvalue weighted by Gasteiger charge is 2.28. The van der Waals surface area contributed by atoms with Crippen LogP contribution in [0.2, 0.25) is 0 Å². The van der Waals surface area contributed by atoms with E-state index in [9.17, 15) is 0 Å². The Kier molecular flexibility index (Phi) is 13.0. The highest BCUT2D eigenvalue weighted by atomic mass is 15.1. The molecule has 0 saturated heterocycles. The third kappa shape index (κ3) is 9.83. The topological polar surface area (TPSA) is 87.2 Å². The summed E-state index contributed by atoms with van der Waals surface area (Å²) in [5, 5.41) is 4.66. The van der Waals surface area contributed by atoms with Crippen LogP contribution in [0.3, 0.4) is 0 Å². The molecule has 414 valence electrons. The maximum absolute atomic E-state index is 5.72. The first-order valence-corrected chi connectivity index (χ1v) is 29.3. The highest BCUT2D eigenvalue weighted by Crippen LogP contribution is 2.45. The van der Waals surface area contributed by atoms with Gasteiger partial charge in [-0.25, -0.2) is 29.9 Å². The number of hydrogen-bond acceptors (Lipinski definition) is 6. The Morgan fingerprint density at radius 2 is 0.667 bits per heavy atom. The van der Waals surface area contributed by atoms with E-state index in [1.54, 1.807) is 0 Å². The zero-order valence-electron chi connectivity index (χ0n) is 50.2. The quantitative estimate of drug-likeness (QED) is 0.151. The van der Waals surface area contributed by atoms with Crippen molar-refractivity contribution in [1.82, 2.24) is 39.0 Å². The highest BCUT2D eigenvalue weighted by molar-refractivity contribution is 6.26. The summed E-state index contributed by atoms with van der Waals surface area (Å²) in [7, 11) is 0. The largest absolute Gasteiger partial charge is 0.309 e. The van der Waals surface area contributed by atoms with Crippen LogP contribution in [0.5, 0.6) is 0 Å². The molecule has 9 aromatic carbocycles. The number of rotatable bonds is 8. The zero-order valence-corrected chi connectivity index (χ0v) is 50.2. The number of hydrogen-bond donors (Lipinski definition) is 0. The van der Waals surface area contributed by atoms with Crippen LogP contribution in [0.1, 0.15) is 105 Å². The van der Waals surface area contributed by atoms with Gasteiger partial charge in [-0.05, 0) is 117 Å². The molecule has 0 aliphatic rings. The number of fused-ring (bicyclic) bond motifs is 7. The Morgan fingerprint density at radius 1 is 0.274 bits per heavy atom. The minimum Gasteiger partial charge on any atom is -0.309 e. The van der Waals surface area contributed by atoms with Crippen molar-refractivity contribution in [3.63, 3.8) is 0 Å². The van der Waals surface area contributed by atoms with E-state index in [0.29, 0.717) is 34.9 Å². The molecule has 84 heavy (non-hydrogen) atoms. The first-order valence-electron chi connectivity index (χ1n) is 29.3. The van der Waals surface area contributed by atoms with Gasteiger partial charge in [-0.3, -0.25) is 0 Å². The standard InChI is InChI=1S/C76H70N8/c1-73(2,3)52-40-50(41-53(45-52)74(4,5)6)70-80-71(51-42-54(75(7,8)9)46-55(43-51)76(10,11)12)82-72(81-70)60-44-49(69-78-67(47-26-16-13-17-27-47)77-68(79-69)48-28-18-14-19-29-48)36-38-63(60)84-62-35-25-23-33-59(62)65-64(84)39-37-58-57-32-22-24-34-61(57)83(66(58)65)56-30-20-15-21-31-56/h13-46H,1-12H3. The summed E-state index contributed by atoms with van der Waals surface area (Å²) < 4.78 is 4.84. The lowest BCUT2D eigenvalue weighted by atomic mass is 9.79. The first kappa shape index (κ1) is 53.9. The number of benzene rings is 9. The third-order valence-corrected chi connectivity index (χ3v) is 16.4. The fourth-order valence-electron chi connectivity index (χ4n) is 11.6. The molecule has 0 atom stereocenters. The predicted octanol–water partition coefficient (Wildman–Crippen LogP) is 19.4. The van der Waals surface area contributed by atoms with Gasteiger partial charge >= 0.3 is 0 Å². The van der Waals surface area contributed by atoms with Gasteiger partial charge < -0.3 is 9.13 Å². The fourth-order valence-corrected chi connectivity index (χ4v) is 11.6. The van der Waals surface area contributed by atoms with Gasteiger partial charge in [0.05, 0.1) is 27.8 Å². The van der Waals surface area contributed by atoms with Crippen LogP contribution in [0.25, 0.3) is 123 Å². The lowest BCUT2D eigenvalue weighted by Gasteiger charge is -2.26. The van der Waals surface area contributed by atoms with Crippen LogP contribution < -0.4 is 0 Å². The molecular formula is C76H70N8. The number of para-hydroxylation sites is 3. The predicted molar refractivity (Wildman–Crippen MR) is 349 cm³/mol. The molecule has 0 aliphatic carbocycles. The van der Waals surface area contributed by atoms with Crippen molar-refractivity contribution in [3.8, 4) is 79.7 Å². The lowest BCUT2D eigenvalue weighted by molar-refractivity contribution is 0.568. The summed E-state index contributed by atoms with van der Waals surface area (Å²) in [5.74, 6) is 3.40. The van der Waals surface area contributed by atoms with Crippen LogP contribution in [0.15, 0.2) is 206 Å². The van der Waals surface area contributed by atoms with Gasteiger partial charge in [-0.2, -0.15) is 0 Å². The van der Waals surface area contributed by atoms with Gasteiger partial charge in [0.25, 0.3) is 0 Å². The molecule has 0 unspecified atom stereocenters. The van der Waals surface area contributed by atoms with Gasteiger partial charge in [0.1, 0.15) is 0 Å². The van der Waals surface area contributed by atoms with E-state index in [-0.39, 0.29) is 21.7 Å². The molecule has 4 heterocycles. The van der Waals surface area contributed by atoms with Crippen molar-refractivity contribution in [3.05, 3.63) is 229 Å². The van der Waals surface area contributed by atoms with Crippen LogP contribution >= 0.6 is 0 Å². The van der Waals surface area contributed by atoms with Gasteiger partial charge in [0.15, 0.2) is 34.9 Å². The molecule has 0 saturated carbocycles. The minimum absolute atomic E-state index is 0.158. The molecule has 13 rings (SSSR count). The Morgan fingerprint density at radius 3 is 1.14 bits per heavy atom. The SMILES string of the molecule is CC(C)(C)c1cc(-c2nc(-c3cc(C(C)(C)C)cc(C(C)(C)C)c3)nc(-c3cc(-c4nc(-c5ccccc5)nc(-c5ccccc5)n4)ccc3-n3c4ccccc4c4c3ccc3c5ccccc5n(-c5ccccc5)c34)n2)cc(C(C)(C)C)c1. The van der Waals surface area contributed by atoms with E-state index in [0.717, 1.165) is 77.6 Å². The second-order valence-corrected chi connectivity index (χ2v) is 26.6. The molecule has 0 radical (unpaired) electrons. The van der Waals surface area contributed by atoms with E-state index in [1.165, 1.54) is 33.0 Å². The van der Waals surface area contributed by atoms with E-state index in [4.69, 9.17) is 29.9 Å². The monoisotopic (exact) mass is 1090 g/mol. The third-order valence-electron chi connectivity index (χ3n) is 16.4. The molecule has 0 bridgehead atoms. The van der Waals surface area contributed by atoms with Crippen molar-refractivity contribution >= 4 is 43.6 Å². The van der Waals surface area contributed by atoms with Crippen molar-refractivity contribution < 1.29 is 0 Å². The second kappa shape index (κ2) is 20.2. The van der Waals surface area contributed by atoms with Crippen LogP contribution in [-0.2, 0) is 21.7 Å². The molecule has 4 aromatic heterocycles. The minimum atomic E-state index is -0.158. The van der Waals surface area contributed by atoms with Crippen LogP contribution in [-0.4, -0.2) is 39.0 Å². The summed E-state index contributed by atoms with van der Waals surface area (Å²) in [6.45, 7) is 27.3. The van der Waals surface area contributed by atoms with Gasteiger partial charge in [-0.1, -0.05) is 217 Å². The van der Waals surface area contributed by atoms with Crippen LogP contribution in [0.4, 0.5) is 0 Å². The number of nitrogens with zero attached hydrogens (tertiary/aromatic N) is 8. The van der Waals surface area contributed by atoms with E-state index < -0.39 is 0 Å². The zero-order chi connectivity index (χ0) is 58.5. The van der Waals surface area contributed by atoms with Gasteiger partial charge in [0.2, 0.25) is 0 Å². The Bertz CT molecular complexity index is 4460. The lowest BCUT2D eigenvalue weighted by Crippen LogP contribution is -2.17. The average Bonchev–Trinajstić information content (AvgIpc) is 1.82. The second-order valence-electron chi connectivity index (χ2n) is 26.6. The summed E-state index contributed by atoms with van der Waals surface area (Å²) >= 11 is 0. The normalized spacial score (nSPS) is 12.5. The first-order chi connectivity index (χ1) is 40.2. The molecule has 0 fully saturated rings.